The SMILES string of the molecule is CS(=O)(=O)NC1CC(F)C1. The van der Waals surface area contributed by atoms with Crippen LogP contribution >= 0.6 is 0 Å². The molecule has 0 aromatic rings. The highest BCUT2D eigenvalue weighted by molar-refractivity contribution is 7.88. The Morgan fingerprint density at radius 3 is 2.30 bits per heavy atom. The fraction of sp³-hybridized carbons (Fsp3) is 1.00. The minimum absolute atomic E-state index is 0.162. The number of hydrogen-bond acceptors (Lipinski definition) is 2. The van der Waals surface area contributed by atoms with Gasteiger partial charge in [-0.3, -0.25) is 0 Å². The van der Waals surface area contributed by atoms with Crippen LogP contribution in [0.15, 0.2) is 0 Å². The van der Waals surface area contributed by atoms with Gasteiger partial charge in [-0.2, -0.15) is 0 Å². The van der Waals surface area contributed by atoms with Crippen LogP contribution in [0.3, 0.4) is 0 Å². The van der Waals surface area contributed by atoms with Crippen molar-refractivity contribution < 1.29 is 12.8 Å². The average molecular weight is 167 g/mol. The fourth-order valence-electron chi connectivity index (χ4n) is 0.947. The van der Waals surface area contributed by atoms with Crippen molar-refractivity contribution in [3.63, 3.8) is 0 Å². The lowest BCUT2D eigenvalue weighted by Crippen LogP contribution is -2.44. The van der Waals surface area contributed by atoms with Crippen LogP contribution in [0.4, 0.5) is 4.39 Å². The van der Waals surface area contributed by atoms with Gasteiger partial charge in [0.25, 0.3) is 0 Å². The number of alkyl halides is 1. The van der Waals surface area contributed by atoms with E-state index in [4.69, 9.17) is 0 Å². The van der Waals surface area contributed by atoms with Crippen molar-refractivity contribution in [2.24, 2.45) is 0 Å². The summed E-state index contributed by atoms with van der Waals surface area (Å²) in [7, 11) is -3.12. The third-order valence-corrected chi connectivity index (χ3v) is 2.22. The van der Waals surface area contributed by atoms with E-state index in [9.17, 15) is 12.8 Å². The van der Waals surface area contributed by atoms with E-state index in [0.717, 1.165) is 6.26 Å². The van der Waals surface area contributed by atoms with Gasteiger partial charge < -0.3 is 0 Å². The molecule has 0 radical (unpaired) electrons. The lowest BCUT2D eigenvalue weighted by atomic mass is 9.92. The van der Waals surface area contributed by atoms with Gasteiger partial charge in [-0.25, -0.2) is 17.5 Å². The Kier molecular flexibility index (Phi) is 1.96. The lowest BCUT2D eigenvalue weighted by Gasteiger charge is -2.29. The van der Waals surface area contributed by atoms with E-state index in [1.165, 1.54) is 0 Å². The second-order valence-corrected chi connectivity index (χ2v) is 4.44. The van der Waals surface area contributed by atoms with Crippen LogP contribution in [-0.2, 0) is 10.0 Å². The monoisotopic (exact) mass is 167 g/mol. The number of hydrogen-bond donors (Lipinski definition) is 1. The van der Waals surface area contributed by atoms with Crippen molar-refractivity contribution in [2.45, 2.75) is 25.1 Å². The molecule has 0 saturated heterocycles. The van der Waals surface area contributed by atoms with Gasteiger partial charge in [-0.15, -0.1) is 0 Å². The summed E-state index contributed by atoms with van der Waals surface area (Å²) in [5, 5.41) is 0. The molecule has 1 rings (SSSR count). The quantitative estimate of drug-likeness (QED) is 0.631. The molecule has 1 fully saturated rings. The van der Waals surface area contributed by atoms with Gasteiger partial charge in [0.15, 0.2) is 0 Å². The van der Waals surface area contributed by atoms with Gasteiger partial charge in [0.05, 0.1) is 6.26 Å². The number of halogens is 1. The van der Waals surface area contributed by atoms with E-state index in [-0.39, 0.29) is 6.04 Å². The summed E-state index contributed by atoms with van der Waals surface area (Å²) in [6.07, 6.45) is 0.929. The topological polar surface area (TPSA) is 46.2 Å². The standard InChI is InChI=1S/C5H10FNO2S/c1-10(8,9)7-5-2-4(6)3-5/h4-5,7H,2-3H2,1H3. The summed E-state index contributed by atoms with van der Waals surface area (Å²) in [5.41, 5.74) is 0. The molecule has 5 heteroatoms. The highest BCUT2D eigenvalue weighted by atomic mass is 32.2. The van der Waals surface area contributed by atoms with E-state index < -0.39 is 16.2 Å². The molecule has 0 aliphatic heterocycles. The first kappa shape index (κ1) is 7.94. The van der Waals surface area contributed by atoms with Crippen molar-refractivity contribution in [2.75, 3.05) is 6.26 Å². The second kappa shape index (κ2) is 2.47. The molecule has 1 N–H and O–H groups in total. The number of nitrogens with one attached hydrogen (secondary N) is 1. The van der Waals surface area contributed by atoms with Crippen molar-refractivity contribution in [1.82, 2.24) is 4.72 Å². The van der Waals surface area contributed by atoms with E-state index in [2.05, 4.69) is 4.72 Å². The molecule has 3 nitrogen and oxygen atoms in total. The van der Waals surface area contributed by atoms with Gasteiger partial charge in [0.2, 0.25) is 10.0 Å². The van der Waals surface area contributed by atoms with Crippen LogP contribution in [0.2, 0.25) is 0 Å². The first-order chi connectivity index (χ1) is 4.47. The predicted octanol–water partition coefficient (Wildman–Crippen LogP) is 0.0361. The van der Waals surface area contributed by atoms with E-state index in [0.29, 0.717) is 12.8 Å². The maximum absolute atomic E-state index is 12.1. The zero-order chi connectivity index (χ0) is 7.78. The van der Waals surface area contributed by atoms with Crippen molar-refractivity contribution >= 4 is 10.0 Å². The molecule has 1 aliphatic carbocycles. The summed E-state index contributed by atoms with van der Waals surface area (Å²) < 4.78 is 35.4. The van der Waals surface area contributed by atoms with E-state index in [1.807, 2.05) is 0 Å². The van der Waals surface area contributed by atoms with Gasteiger partial charge in [0.1, 0.15) is 6.17 Å². The highest BCUT2D eigenvalue weighted by Gasteiger charge is 2.30. The van der Waals surface area contributed by atoms with Gasteiger partial charge in [0, 0.05) is 6.04 Å². The minimum Gasteiger partial charge on any atom is -0.247 e. The molecule has 0 heterocycles. The van der Waals surface area contributed by atoms with Crippen molar-refractivity contribution in [1.29, 1.82) is 0 Å². The number of sulfonamides is 1. The smallest absolute Gasteiger partial charge is 0.208 e. The third-order valence-electron chi connectivity index (χ3n) is 1.46. The summed E-state index contributed by atoms with van der Waals surface area (Å²) >= 11 is 0. The van der Waals surface area contributed by atoms with E-state index in [1.54, 1.807) is 0 Å². The zero-order valence-corrected chi connectivity index (χ0v) is 6.49. The van der Waals surface area contributed by atoms with Crippen LogP contribution in [0.1, 0.15) is 12.8 Å². The Morgan fingerprint density at radius 1 is 1.50 bits per heavy atom. The molecule has 10 heavy (non-hydrogen) atoms. The normalized spacial score (nSPS) is 33.4. The molecule has 0 bridgehead atoms. The fourth-order valence-corrected chi connectivity index (χ4v) is 1.75. The van der Waals surface area contributed by atoms with Crippen molar-refractivity contribution in [3.05, 3.63) is 0 Å². The molecule has 0 aromatic carbocycles. The molecule has 0 aromatic heterocycles. The molecule has 60 valence electrons. The molecule has 0 unspecified atom stereocenters. The second-order valence-electron chi connectivity index (χ2n) is 2.66. The van der Waals surface area contributed by atoms with Crippen LogP contribution in [-0.4, -0.2) is 26.9 Å². The molecule has 1 aliphatic rings. The molecular formula is C5H10FNO2S. The molecule has 0 amide bonds. The Labute approximate surface area is 59.7 Å². The highest BCUT2D eigenvalue weighted by Crippen LogP contribution is 2.23. The summed E-state index contributed by atoms with van der Waals surface area (Å²) in [6, 6.07) is -0.162. The first-order valence-corrected chi connectivity index (χ1v) is 4.98. The zero-order valence-electron chi connectivity index (χ0n) is 5.67. The number of rotatable bonds is 2. The summed E-state index contributed by atoms with van der Waals surface area (Å²) in [4.78, 5) is 0. The van der Waals surface area contributed by atoms with Crippen LogP contribution < -0.4 is 4.72 Å². The summed E-state index contributed by atoms with van der Waals surface area (Å²) in [6.45, 7) is 0. The van der Waals surface area contributed by atoms with Gasteiger partial charge in [-0.1, -0.05) is 0 Å². The molecule has 0 atom stereocenters. The van der Waals surface area contributed by atoms with Crippen LogP contribution in [0, 0.1) is 0 Å². The maximum atomic E-state index is 12.1. The average Bonchev–Trinajstić information content (AvgIpc) is 1.57. The van der Waals surface area contributed by atoms with Crippen LogP contribution in [0.25, 0.3) is 0 Å². The largest absolute Gasteiger partial charge is 0.247 e. The Bertz CT molecular complexity index is 208. The Morgan fingerprint density at radius 2 is 2.00 bits per heavy atom. The third kappa shape index (κ3) is 2.22. The van der Waals surface area contributed by atoms with E-state index >= 15 is 0 Å². The van der Waals surface area contributed by atoms with Gasteiger partial charge >= 0.3 is 0 Å². The predicted molar refractivity (Wildman–Crippen MR) is 35.9 cm³/mol. The first-order valence-electron chi connectivity index (χ1n) is 3.09. The maximum Gasteiger partial charge on any atom is 0.208 e. The Hall–Kier alpha value is -0.160. The Balaban J connectivity index is 2.30. The molecular weight excluding hydrogens is 157 g/mol. The van der Waals surface area contributed by atoms with Gasteiger partial charge in [-0.05, 0) is 12.8 Å². The van der Waals surface area contributed by atoms with Crippen LogP contribution in [0.5, 0.6) is 0 Å². The minimum atomic E-state index is -3.12. The van der Waals surface area contributed by atoms with Crippen molar-refractivity contribution in [3.8, 4) is 0 Å². The molecule has 0 spiro atoms. The lowest BCUT2D eigenvalue weighted by molar-refractivity contribution is 0.171. The summed E-state index contributed by atoms with van der Waals surface area (Å²) in [5.74, 6) is 0. The molecule has 1 saturated carbocycles.